The molecule has 0 spiro atoms. The van der Waals surface area contributed by atoms with Gasteiger partial charge in [-0.2, -0.15) is 0 Å². The minimum absolute atomic E-state index is 0.0196. The largest absolute Gasteiger partial charge is 0.440 e. The van der Waals surface area contributed by atoms with Gasteiger partial charge in [-0.25, -0.2) is 4.39 Å². The number of hydrogen-bond donors (Lipinski definition) is 0. The fraction of sp³-hybridized carbons (Fsp3) is 0.259. The molecule has 4 heterocycles. The number of carbonyl (C=O) groups is 2. The number of halogens is 2. The number of fused-ring (bicyclic) bond motifs is 1. The van der Waals surface area contributed by atoms with Crippen LogP contribution in [0.3, 0.4) is 0 Å². The Bertz CT molecular complexity index is 1430. The minimum Gasteiger partial charge on any atom is -0.440 e. The van der Waals surface area contributed by atoms with Crippen LogP contribution < -0.4 is 0 Å². The summed E-state index contributed by atoms with van der Waals surface area (Å²) in [5.74, 6) is -0.133. The zero-order valence-electron chi connectivity index (χ0n) is 19.4. The normalized spacial score (nSPS) is 16.9. The summed E-state index contributed by atoms with van der Waals surface area (Å²) in [6, 6.07) is 17.5. The molecule has 184 valence electrons. The SMILES string of the molecule is O=C(c1ccc2c(ccn2-c2ccc(F)cc2)c1)N1CC(N2CCN(C(=O)c3ccc(Cl)o3)CC2)C1. The molecule has 0 bridgehead atoms. The highest BCUT2D eigenvalue weighted by atomic mass is 35.5. The van der Waals surface area contributed by atoms with Gasteiger partial charge in [0.25, 0.3) is 11.8 Å². The lowest BCUT2D eigenvalue weighted by Crippen LogP contribution is -2.64. The maximum Gasteiger partial charge on any atom is 0.289 e. The molecule has 2 aromatic heterocycles. The summed E-state index contributed by atoms with van der Waals surface area (Å²) in [6.45, 7) is 4.10. The first-order valence-electron chi connectivity index (χ1n) is 11.9. The van der Waals surface area contributed by atoms with E-state index in [0.717, 1.165) is 29.7 Å². The van der Waals surface area contributed by atoms with E-state index in [1.54, 1.807) is 29.2 Å². The molecule has 2 aliphatic rings. The van der Waals surface area contributed by atoms with Crippen LogP contribution in [0, 0.1) is 5.82 Å². The van der Waals surface area contributed by atoms with E-state index in [0.29, 0.717) is 37.8 Å². The number of nitrogens with zero attached hydrogens (tertiary/aromatic N) is 4. The number of benzene rings is 2. The molecule has 0 unspecified atom stereocenters. The smallest absolute Gasteiger partial charge is 0.289 e. The van der Waals surface area contributed by atoms with Crippen molar-refractivity contribution in [2.75, 3.05) is 39.3 Å². The molecule has 2 saturated heterocycles. The molecule has 0 aliphatic carbocycles. The minimum atomic E-state index is -0.273. The number of aromatic nitrogens is 1. The van der Waals surface area contributed by atoms with Crippen molar-refractivity contribution >= 4 is 34.3 Å². The summed E-state index contributed by atoms with van der Waals surface area (Å²) >= 11 is 5.79. The highest BCUT2D eigenvalue weighted by molar-refractivity contribution is 6.29. The second-order valence-corrected chi connectivity index (χ2v) is 9.60. The summed E-state index contributed by atoms with van der Waals surface area (Å²) in [4.78, 5) is 31.6. The van der Waals surface area contributed by atoms with Gasteiger partial charge in [0.2, 0.25) is 0 Å². The van der Waals surface area contributed by atoms with Crippen LogP contribution in [0.2, 0.25) is 5.22 Å². The summed E-state index contributed by atoms with van der Waals surface area (Å²) in [6.07, 6.45) is 1.93. The Morgan fingerprint density at radius 2 is 1.61 bits per heavy atom. The van der Waals surface area contributed by atoms with Gasteiger partial charge in [-0.3, -0.25) is 14.5 Å². The van der Waals surface area contributed by atoms with E-state index in [1.807, 2.05) is 39.9 Å². The van der Waals surface area contributed by atoms with Gasteiger partial charge in [-0.15, -0.1) is 0 Å². The first-order chi connectivity index (χ1) is 17.5. The summed E-state index contributed by atoms with van der Waals surface area (Å²) < 4.78 is 20.5. The third kappa shape index (κ3) is 4.16. The second kappa shape index (κ2) is 9.11. The van der Waals surface area contributed by atoms with Crippen molar-refractivity contribution in [2.45, 2.75) is 6.04 Å². The van der Waals surface area contributed by atoms with Crippen LogP contribution in [0.4, 0.5) is 4.39 Å². The lowest BCUT2D eigenvalue weighted by molar-refractivity contribution is 0.00796. The van der Waals surface area contributed by atoms with Crippen molar-refractivity contribution in [1.82, 2.24) is 19.3 Å². The average Bonchev–Trinajstić information content (AvgIpc) is 3.49. The van der Waals surface area contributed by atoms with Crippen LogP contribution in [0.1, 0.15) is 20.9 Å². The monoisotopic (exact) mass is 506 g/mol. The van der Waals surface area contributed by atoms with Crippen LogP contribution >= 0.6 is 11.6 Å². The van der Waals surface area contributed by atoms with Crippen molar-refractivity contribution in [1.29, 1.82) is 0 Å². The molecule has 0 atom stereocenters. The number of likely N-dealkylation sites (tertiary alicyclic amines) is 1. The molecular formula is C27H24ClFN4O3. The second-order valence-electron chi connectivity index (χ2n) is 9.23. The van der Waals surface area contributed by atoms with Crippen molar-refractivity contribution in [3.63, 3.8) is 0 Å². The Balaban J connectivity index is 1.05. The van der Waals surface area contributed by atoms with Crippen molar-refractivity contribution in [3.8, 4) is 5.69 Å². The predicted molar refractivity (Wildman–Crippen MR) is 134 cm³/mol. The van der Waals surface area contributed by atoms with Gasteiger partial charge in [-0.1, -0.05) is 0 Å². The molecule has 2 aliphatic heterocycles. The zero-order valence-corrected chi connectivity index (χ0v) is 20.2. The van der Waals surface area contributed by atoms with E-state index >= 15 is 0 Å². The van der Waals surface area contributed by atoms with E-state index in [-0.39, 0.29) is 28.6 Å². The Morgan fingerprint density at radius 3 is 2.31 bits per heavy atom. The Hall–Kier alpha value is -3.62. The molecule has 2 aromatic carbocycles. The molecule has 0 N–H and O–H groups in total. The van der Waals surface area contributed by atoms with Crippen LogP contribution in [-0.2, 0) is 0 Å². The molecule has 4 aromatic rings. The highest BCUT2D eigenvalue weighted by Crippen LogP contribution is 2.25. The maximum atomic E-state index is 13.3. The summed E-state index contributed by atoms with van der Waals surface area (Å²) in [5, 5.41) is 1.17. The van der Waals surface area contributed by atoms with E-state index in [1.165, 1.54) is 12.1 Å². The lowest BCUT2D eigenvalue weighted by Gasteiger charge is -2.48. The van der Waals surface area contributed by atoms with Gasteiger partial charge in [0.15, 0.2) is 11.0 Å². The Kier molecular flexibility index (Phi) is 5.78. The fourth-order valence-electron chi connectivity index (χ4n) is 5.01. The van der Waals surface area contributed by atoms with E-state index in [2.05, 4.69) is 4.90 Å². The van der Waals surface area contributed by atoms with Crippen LogP contribution in [0.25, 0.3) is 16.6 Å². The van der Waals surface area contributed by atoms with E-state index < -0.39 is 0 Å². The number of furan rings is 1. The number of rotatable bonds is 4. The van der Waals surface area contributed by atoms with Gasteiger partial charge >= 0.3 is 0 Å². The van der Waals surface area contributed by atoms with E-state index in [4.69, 9.17) is 16.0 Å². The molecule has 0 radical (unpaired) electrons. The van der Waals surface area contributed by atoms with Gasteiger partial charge in [-0.05, 0) is 72.3 Å². The van der Waals surface area contributed by atoms with Crippen molar-refractivity contribution in [3.05, 3.63) is 89.2 Å². The molecular weight excluding hydrogens is 483 g/mol. The standard InChI is InChI=1S/C27H24ClFN4O3/c28-25-8-7-24(36-25)27(35)31-13-11-30(12-14-31)22-16-32(17-22)26(34)19-1-6-23-18(15-19)9-10-33(23)21-4-2-20(29)3-5-21/h1-10,15,22H,11-14,16-17H2. The first-order valence-corrected chi connectivity index (χ1v) is 12.3. The summed E-state index contributed by atoms with van der Waals surface area (Å²) in [5.41, 5.74) is 2.49. The number of hydrogen-bond acceptors (Lipinski definition) is 4. The lowest BCUT2D eigenvalue weighted by atomic mass is 10.0. The Labute approximate surface area is 212 Å². The quantitative estimate of drug-likeness (QED) is 0.414. The topological polar surface area (TPSA) is 61.9 Å². The Morgan fingerprint density at radius 1 is 0.861 bits per heavy atom. The van der Waals surface area contributed by atoms with Gasteiger partial charge in [0, 0.05) is 68.1 Å². The molecule has 2 amide bonds. The van der Waals surface area contributed by atoms with Crippen LogP contribution in [0.5, 0.6) is 0 Å². The maximum absolute atomic E-state index is 13.3. The highest BCUT2D eigenvalue weighted by Gasteiger charge is 2.37. The van der Waals surface area contributed by atoms with Gasteiger partial charge in [0.1, 0.15) is 5.82 Å². The van der Waals surface area contributed by atoms with Gasteiger partial charge in [0.05, 0.1) is 5.52 Å². The fourth-order valence-corrected chi connectivity index (χ4v) is 5.16. The third-order valence-corrected chi connectivity index (χ3v) is 7.30. The average molecular weight is 507 g/mol. The van der Waals surface area contributed by atoms with Crippen LogP contribution in [0.15, 0.2) is 71.3 Å². The molecule has 7 nitrogen and oxygen atoms in total. The third-order valence-electron chi connectivity index (χ3n) is 7.09. The zero-order chi connectivity index (χ0) is 24.8. The summed E-state index contributed by atoms with van der Waals surface area (Å²) in [7, 11) is 0. The number of carbonyl (C=O) groups excluding carboxylic acids is 2. The first kappa shape index (κ1) is 22.8. The molecule has 0 saturated carbocycles. The predicted octanol–water partition coefficient (Wildman–Crippen LogP) is 4.30. The van der Waals surface area contributed by atoms with Crippen molar-refractivity contribution in [2.24, 2.45) is 0 Å². The number of amides is 2. The molecule has 6 rings (SSSR count). The molecule has 2 fully saturated rings. The van der Waals surface area contributed by atoms with Gasteiger partial charge < -0.3 is 18.8 Å². The molecule has 9 heteroatoms. The van der Waals surface area contributed by atoms with E-state index in [9.17, 15) is 14.0 Å². The molecule has 36 heavy (non-hydrogen) atoms. The van der Waals surface area contributed by atoms with Crippen molar-refractivity contribution < 1.29 is 18.4 Å². The number of piperazine rings is 1. The van der Waals surface area contributed by atoms with Crippen LogP contribution in [-0.4, -0.2) is 76.4 Å².